The van der Waals surface area contributed by atoms with Gasteiger partial charge in [-0.3, -0.25) is 9.59 Å². The summed E-state index contributed by atoms with van der Waals surface area (Å²) in [5, 5.41) is 2.91. The van der Waals surface area contributed by atoms with Crippen molar-refractivity contribution in [1.82, 2.24) is 10.2 Å². The number of likely N-dealkylation sites (tertiary alicyclic amines) is 1. The second-order valence-electron chi connectivity index (χ2n) is 7.05. The van der Waals surface area contributed by atoms with Crippen molar-refractivity contribution in [3.63, 3.8) is 0 Å². The Morgan fingerprint density at radius 2 is 2.22 bits per heavy atom. The normalized spacial score (nSPS) is 35.2. The minimum atomic E-state index is -0.198. The molecule has 1 saturated carbocycles. The number of furan rings is 1. The van der Waals surface area contributed by atoms with Gasteiger partial charge in [0.2, 0.25) is 5.91 Å². The van der Waals surface area contributed by atoms with Crippen LogP contribution in [-0.2, 0) is 9.53 Å². The molecule has 1 aromatic rings. The summed E-state index contributed by atoms with van der Waals surface area (Å²) >= 11 is 0. The number of amides is 2. The van der Waals surface area contributed by atoms with Gasteiger partial charge in [-0.05, 0) is 24.5 Å². The van der Waals surface area contributed by atoms with E-state index >= 15 is 0 Å². The third-order valence-electron chi connectivity index (χ3n) is 5.45. The van der Waals surface area contributed by atoms with Gasteiger partial charge in [0.15, 0.2) is 5.76 Å². The summed E-state index contributed by atoms with van der Waals surface area (Å²) in [5.41, 5.74) is 0. The van der Waals surface area contributed by atoms with Gasteiger partial charge in [0.25, 0.3) is 5.91 Å². The van der Waals surface area contributed by atoms with E-state index in [9.17, 15) is 9.59 Å². The van der Waals surface area contributed by atoms with E-state index in [1.807, 2.05) is 4.90 Å². The van der Waals surface area contributed by atoms with Gasteiger partial charge < -0.3 is 19.4 Å². The first-order chi connectivity index (χ1) is 11.1. The number of rotatable bonds is 4. The number of nitrogens with zero attached hydrogens (tertiary/aromatic N) is 1. The van der Waals surface area contributed by atoms with E-state index in [-0.39, 0.29) is 29.8 Å². The zero-order valence-corrected chi connectivity index (χ0v) is 13.2. The lowest BCUT2D eigenvalue weighted by atomic mass is 9.93. The Kier molecular flexibility index (Phi) is 3.64. The van der Waals surface area contributed by atoms with Crippen LogP contribution in [0, 0.1) is 23.7 Å². The highest BCUT2D eigenvalue weighted by molar-refractivity contribution is 5.91. The fraction of sp³-hybridized carbons (Fsp3) is 0.647. The molecule has 6 heteroatoms. The fourth-order valence-electron chi connectivity index (χ4n) is 3.81. The Bertz CT molecular complexity index is 600. The third kappa shape index (κ3) is 2.76. The van der Waals surface area contributed by atoms with Crippen LogP contribution in [0.5, 0.6) is 0 Å². The maximum atomic E-state index is 12.4. The second-order valence-corrected chi connectivity index (χ2v) is 7.05. The van der Waals surface area contributed by atoms with Crippen molar-refractivity contribution in [3.05, 3.63) is 24.2 Å². The standard InChI is InChI=1S/C17H22N2O4/c1-10-5-12(10)17(21)19-7-13-11(9-23-15(13)8-19)6-18-16(20)14-3-2-4-22-14/h2-4,10-13,15H,5-9H2,1H3,(H,18,20)/t10-,11-,12-,13+,15+/m0/s1. The quantitative estimate of drug-likeness (QED) is 0.903. The van der Waals surface area contributed by atoms with Gasteiger partial charge in [-0.25, -0.2) is 0 Å². The van der Waals surface area contributed by atoms with E-state index in [2.05, 4.69) is 12.2 Å². The molecule has 23 heavy (non-hydrogen) atoms. The summed E-state index contributed by atoms with van der Waals surface area (Å²) < 4.78 is 10.9. The molecule has 3 aliphatic rings. The summed E-state index contributed by atoms with van der Waals surface area (Å²) in [6.45, 7) is 4.80. The molecule has 2 aliphatic heterocycles. The van der Waals surface area contributed by atoms with Gasteiger partial charge in [0, 0.05) is 37.4 Å². The molecule has 0 radical (unpaired) electrons. The number of nitrogens with one attached hydrogen (secondary N) is 1. The van der Waals surface area contributed by atoms with Gasteiger partial charge in [-0.15, -0.1) is 0 Å². The molecule has 5 atom stereocenters. The Hall–Kier alpha value is -1.82. The minimum Gasteiger partial charge on any atom is -0.459 e. The molecule has 1 N–H and O–H groups in total. The number of hydrogen-bond donors (Lipinski definition) is 1. The lowest BCUT2D eigenvalue weighted by Gasteiger charge is -2.20. The van der Waals surface area contributed by atoms with Crippen LogP contribution in [0.3, 0.4) is 0 Å². The summed E-state index contributed by atoms with van der Waals surface area (Å²) in [6.07, 6.45) is 2.63. The zero-order chi connectivity index (χ0) is 16.0. The Balaban J connectivity index is 1.31. The van der Waals surface area contributed by atoms with Gasteiger partial charge in [-0.2, -0.15) is 0 Å². The fourth-order valence-corrected chi connectivity index (χ4v) is 3.81. The summed E-state index contributed by atoms with van der Waals surface area (Å²) in [7, 11) is 0. The summed E-state index contributed by atoms with van der Waals surface area (Å²) in [4.78, 5) is 26.3. The predicted octanol–water partition coefficient (Wildman–Crippen LogP) is 1.14. The lowest BCUT2D eigenvalue weighted by Crippen LogP contribution is -2.35. The van der Waals surface area contributed by atoms with Crippen LogP contribution in [0.15, 0.2) is 22.8 Å². The number of ether oxygens (including phenoxy) is 1. The molecule has 1 aromatic heterocycles. The average Bonchev–Trinajstić information content (AvgIpc) is 2.99. The molecular formula is C17H22N2O4. The van der Waals surface area contributed by atoms with Gasteiger partial charge in [0.1, 0.15) is 0 Å². The van der Waals surface area contributed by atoms with Crippen molar-refractivity contribution >= 4 is 11.8 Å². The van der Waals surface area contributed by atoms with E-state index in [0.29, 0.717) is 37.3 Å². The van der Waals surface area contributed by atoms with Crippen LogP contribution >= 0.6 is 0 Å². The monoisotopic (exact) mass is 318 g/mol. The van der Waals surface area contributed by atoms with Gasteiger partial charge in [-0.1, -0.05) is 6.92 Å². The van der Waals surface area contributed by atoms with Crippen LogP contribution in [0.2, 0.25) is 0 Å². The highest BCUT2D eigenvalue weighted by Crippen LogP contribution is 2.41. The Morgan fingerprint density at radius 3 is 2.91 bits per heavy atom. The topological polar surface area (TPSA) is 71.8 Å². The SMILES string of the molecule is C[C@H]1C[C@@H]1C(=O)N1C[C@@H]2[C@@H](CNC(=O)c3ccco3)CO[C@@H]2C1. The maximum absolute atomic E-state index is 12.4. The molecule has 2 amide bonds. The van der Waals surface area contributed by atoms with Crippen molar-refractivity contribution in [2.45, 2.75) is 19.4 Å². The number of carbonyl (C=O) groups is 2. The Labute approximate surface area is 135 Å². The molecule has 124 valence electrons. The van der Waals surface area contributed by atoms with Crippen LogP contribution in [0.1, 0.15) is 23.9 Å². The van der Waals surface area contributed by atoms with Crippen LogP contribution in [0.25, 0.3) is 0 Å². The van der Waals surface area contributed by atoms with Crippen molar-refractivity contribution in [2.75, 3.05) is 26.2 Å². The van der Waals surface area contributed by atoms with E-state index in [0.717, 1.165) is 13.0 Å². The lowest BCUT2D eigenvalue weighted by molar-refractivity contribution is -0.132. The predicted molar refractivity (Wildman–Crippen MR) is 81.6 cm³/mol. The van der Waals surface area contributed by atoms with Crippen molar-refractivity contribution in [2.24, 2.45) is 23.7 Å². The van der Waals surface area contributed by atoms with Crippen molar-refractivity contribution in [3.8, 4) is 0 Å². The molecule has 0 aromatic carbocycles. The second kappa shape index (κ2) is 5.67. The van der Waals surface area contributed by atoms with E-state index in [1.165, 1.54) is 6.26 Å². The summed E-state index contributed by atoms with van der Waals surface area (Å²) in [5.74, 6) is 1.76. The maximum Gasteiger partial charge on any atom is 0.286 e. The molecule has 3 heterocycles. The smallest absolute Gasteiger partial charge is 0.286 e. The molecular weight excluding hydrogens is 296 g/mol. The van der Waals surface area contributed by atoms with Crippen molar-refractivity contribution in [1.29, 1.82) is 0 Å². The van der Waals surface area contributed by atoms with Crippen LogP contribution < -0.4 is 5.32 Å². The molecule has 0 spiro atoms. The largest absolute Gasteiger partial charge is 0.459 e. The van der Waals surface area contributed by atoms with Gasteiger partial charge >= 0.3 is 0 Å². The highest BCUT2D eigenvalue weighted by Gasteiger charge is 2.49. The molecule has 0 bridgehead atoms. The van der Waals surface area contributed by atoms with Crippen molar-refractivity contribution < 1.29 is 18.7 Å². The average molecular weight is 318 g/mol. The molecule has 4 rings (SSSR count). The molecule has 2 saturated heterocycles. The van der Waals surface area contributed by atoms with E-state index in [4.69, 9.17) is 9.15 Å². The van der Waals surface area contributed by atoms with E-state index in [1.54, 1.807) is 12.1 Å². The van der Waals surface area contributed by atoms with Crippen LogP contribution in [-0.4, -0.2) is 49.1 Å². The third-order valence-corrected chi connectivity index (χ3v) is 5.45. The zero-order valence-electron chi connectivity index (χ0n) is 13.2. The van der Waals surface area contributed by atoms with E-state index < -0.39 is 0 Å². The molecule has 0 unspecified atom stereocenters. The minimum absolute atomic E-state index is 0.124. The number of fused-ring (bicyclic) bond motifs is 1. The number of hydrogen-bond acceptors (Lipinski definition) is 4. The van der Waals surface area contributed by atoms with Gasteiger partial charge in [0.05, 0.1) is 19.0 Å². The first-order valence-electron chi connectivity index (χ1n) is 8.35. The molecule has 1 aliphatic carbocycles. The molecule has 6 nitrogen and oxygen atoms in total. The molecule has 3 fully saturated rings. The first-order valence-corrected chi connectivity index (χ1v) is 8.35. The Morgan fingerprint density at radius 1 is 1.39 bits per heavy atom. The summed E-state index contributed by atoms with van der Waals surface area (Å²) in [6, 6.07) is 3.35. The number of carbonyl (C=O) groups excluding carboxylic acids is 2. The first kappa shape index (κ1) is 14.8. The van der Waals surface area contributed by atoms with Crippen LogP contribution in [0.4, 0.5) is 0 Å². The highest BCUT2D eigenvalue weighted by atomic mass is 16.5.